The van der Waals surface area contributed by atoms with Crippen LogP contribution in [0.4, 0.5) is 4.39 Å². The van der Waals surface area contributed by atoms with Gasteiger partial charge in [-0.3, -0.25) is 0 Å². The molecule has 0 saturated heterocycles. The van der Waals surface area contributed by atoms with Crippen molar-refractivity contribution in [2.75, 3.05) is 6.61 Å². The Kier molecular flexibility index (Phi) is 5.01. The summed E-state index contributed by atoms with van der Waals surface area (Å²) in [6, 6.07) is 4.48. The van der Waals surface area contributed by atoms with E-state index < -0.39 is 11.4 Å². The third-order valence-corrected chi connectivity index (χ3v) is 2.37. The van der Waals surface area contributed by atoms with E-state index in [-0.39, 0.29) is 19.0 Å². The van der Waals surface area contributed by atoms with Crippen LogP contribution in [0.5, 0.6) is 0 Å². The minimum Gasteiger partial charge on any atom is -0.394 e. The van der Waals surface area contributed by atoms with E-state index in [2.05, 4.69) is 15.9 Å². The standard InChI is InChI=1S/C9H11BrFNO.ClH/c1-9(12,5-13)7-4-6(10)2-3-8(7)11;/h2-4,13H,5,12H2,1H3;1H/t9-;/m0./s1. The Morgan fingerprint density at radius 3 is 2.64 bits per heavy atom. The molecule has 1 aromatic carbocycles. The van der Waals surface area contributed by atoms with Gasteiger partial charge in [-0.15, -0.1) is 12.4 Å². The number of nitrogens with two attached hydrogens (primary N) is 1. The van der Waals surface area contributed by atoms with Gasteiger partial charge in [-0.05, 0) is 25.1 Å². The highest BCUT2D eigenvalue weighted by atomic mass is 79.9. The van der Waals surface area contributed by atoms with Crippen LogP contribution in [0.2, 0.25) is 0 Å². The lowest BCUT2D eigenvalue weighted by Crippen LogP contribution is -2.37. The fourth-order valence-electron chi connectivity index (χ4n) is 1.02. The summed E-state index contributed by atoms with van der Waals surface area (Å²) in [7, 11) is 0. The zero-order valence-corrected chi connectivity index (χ0v) is 10.0. The molecule has 0 unspecified atom stereocenters. The number of hydrogen-bond acceptors (Lipinski definition) is 2. The molecular weight excluding hydrogens is 272 g/mol. The Hall–Kier alpha value is -0.160. The summed E-state index contributed by atoms with van der Waals surface area (Å²) in [5.74, 6) is -0.401. The molecule has 1 atom stereocenters. The van der Waals surface area contributed by atoms with Crippen molar-refractivity contribution in [1.82, 2.24) is 0 Å². The highest BCUT2D eigenvalue weighted by molar-refractivity contribution is 9.10. The molecule has 3 N–H and O–H groups in total. The summed E-state index contributed by atoms with van der Waals surface area (Å²) in [4.78, 5) is 0. The van der Waals surface area contributed by atoms with Gasteiger partial charge >= 0.3 is 0 Å². The van der Waals surface area contributed by atoms with Crippen LogP contribution in [0.3, 0.4) is 0 Å². The van der Waals surface area contributed by atoms with Gasteiger partial charge in [0, 0.05) is 10.0 Å². The summed E-state index contributed by atoms with van der Waals surface area (Å²) in [6.07, 6.45) is 0. The average Bonchev–Trinajstić information content (AvgIpc) is 2.09. The van der Waals surface area contributed by atoms with Crippen LogP contribution in [0.25, 0.3) is 0 Å². The summed E-state index contributed by atoms with van der Waals surface area (Å²) >= 11 is 3.21. The highest BCUT2D eigenvalue weighted by Gasteiger charge is 2.23. The van der Waals surface area contributed by atoms with Crippen molar-refractivity contribution in [2.24, 2.45) is 5.73 Å². The van der Waals surface area contributed by atoms with Gasteiger partial charge in [-0.1, -0.05) is 15.9 Å². The van der Waals surface area contributed by atoms with E-state index in [1.54, 1.807) is 19.1 Å². The second kappa shape index (κ2) is 5.07. The topological polar surface area (TPSA) is 46.2 Å². The third-order valence-electron chi connectivity index (χ3n) is 1.87. The van der Waals surface area contributed by atoms with Crippen molar-refractivity contribution < 1.29 is 9.50 Å². The number of aliphatic hydroxyl groups is 1. The molecular formula is C9H12BrClFNO. The van der Waals surface area contributed by atoms with Crippen molar-refractivity contribution in [3.8, 4) is 0 Å². The zero-order chi connectivity index (χ0) is 10.1. The molecule has 0 amide bonds. The maximum atomic E-state index is 13.2. The molecule has 14 heavy (non-hydrogen) atoms. The molecule has 0 aliphatic carbocycles. The molecule has 0 saturated carbocycles. The van der Waals surface area contributed by atoms with Gasteiger partial charge in [-0.2, -0.15) is 0 Å². The molecule has 0 aromatic heterocycles. The number of halogens is 3. The lowest BCUT2D eigenvalue weighted by Gasteiger charge is -2.22. The molecule has 2 nitrogen and oxygen atoms in total. The molecule has 0 heterocycles. The van der Waals surface area contributed by atoms with Gasteiger partial charge in [0.15, 0.2) is 0 Å². The van der Waals surface area contributed by atoms with E-state index in [0.29, 0.717) is 5.56 Å². The number of aliphatic hydroxyl groups excluding tert-OH is 1. The predicted octanol–water partition coefficient (Wildman–Crippen LogP) is 2.18. The van der Waals surface area contributed by atoms with Crippen LogP contribution in [0.1, 0.15) is 12.5 Å². The van der Waals surface area contributed by atoms with E-state index in [9.17, 15) is 4.39 Å². The van der Waals surface area contributed by atoms with E-state index >= 15 is 0 Å². The van der Waals surface area contributed by atoms with Crippen molar-refractivity contribution in [3.63, 3.8) is 0 Å². The normalized spacial score (nSPS) is 14.4. The molecule has 0 aliphatic rings. The van der Waals surface area contributed by atoms with Crippen LogP contribution >= 0.6 is 28.3 Å². The number of rotatable bonds is 2. The molecule has 1 aromatic rings. The predicted molar refractivity (Wildman–Crippen MR) is 60.0 cm³/mol. The van der Waals surface area contributed by atoms with Crippen LogP contribution in [0.15, 0.2) is 22.7 Å². The monoisotopic (exact) mass is 283 g/mol. The first kappa shape index (κ1) is 13.8. The van der Waals surface area contributed by atoms with Gasteiger partial charge in [0.05, 0.1) is 12.1 Å². The van der Waals surface area contributed by atoms with Gasteiger partial charge in [-0.25, -0.2) is 4.39 Å². The van der Waals surface area contributed by atoms with Crippen molar-refractivity contribution in [2.45, 2.75) is 12.5 Å². The fraction of sp³-hybridized carbons (Fsp3) is 0.333. The zero-order valence-electron chi connectivity index (χ0n) is 7.63. The van der Waals surface area contributed by atoms with Crippen LogP contribution in [-0.2, 0) is 5.54 Å². The van der Waals surface area contributed by atoms with E-state index in [0.717, 1.165) is 4.47 Å². The van der Waals surface area contributed by atoms with Gasteiger partial charge in [0.25, 0.3) is 0 Å². The summed E-state index contributed by atoms with van der Waals surface area (Å²) in [5.41, 5.74) is 4.97. The molecule has 0 aliphatic heterocycles. The first-order chi connectivity index (χ1) is 5.97. The molecule has 1 rings (SSSR count). The number of hydrogen-bond donors (Lipinski definition) is 2. The molecule has 80 valence electrons. The Balaban J connectivity index is 0.00000169. The second-order valence-corrected chi connectivity index (χ2v) is 4.12. The lowest BCUT2D eigenvalue weighted by molar-refractivity contribution is 0.206. The largest absolute Gasteiger partial charge is 0.394 e. The fourth-order valence-corrected chi connectivity index (χ4v) is 1.38. The Morgan fingerprint density at radius 1 is 1.57 bits per heavy atom. The molecule has 0 fully saturated rings. The highest BCUT2D eigenvalue weighted by Crippen LogP contribution is 2.24. The molecule has 0 bridgehead atoms. The maximum Gasteiger partial charge on any atom is 0.128 e. The van der Waals surface area contributed by atoms with E-state index in [1.807, 2.05) is 0 Å². The lowest BCUT2D eigenvalue weighted by atomic mass is 9.94. The maximum absolute atomic E-state index is 13.2. The minimum absolute atomic E-state index is 0. The van der Waals surface area contributed by atoms with Crippen molar-refractivity contribution in [3.05, 3.63) is 34.1 Å². The summed E-state index contributed by atoms with van der Waals surface area (Å²) < 4.78 is 14.0. The SMILES string of the molecule is C[C@](N)(CO)c1cc(Br)ccc1F.Cl. The third kappa shape index (κ3) is 2.92. The van der Waals surface area contributed by atoms with Gasteiger partial charge in [0.1, 0.15) is 5.82 Å². The van der Waals surface area contributed by atoms with Crippen LogP contribution in [-0.4, -0.2) is 11.7 Å². The summed E-state index contributed by atoms with van der Waals surface area (Å²) in [5, 5.41) is 8.96. The van der Waals surface area contributed by atoms with E-state index in [1.165, 1.54) is 6.07 Å². The molecule has 5 heteroatoms. The Labute approximate surface area is 96.8 Å². The number of benzene rings is 1. The average molecular weight is 285 g/mol. The summed E-state index contributed by atoms with van der Waals surface area (Å²) in [6.45, 7) is 1.29. The minimum atomic E-state index is -1.03. The second-order valence-electron chi connectivity index (χ2n) is 3.20. The first-order valence-electron chi connectivity index (χ1n) is 3.82. The molecule has 0 spiro atoms. The molecule has 0 radical (unpaired) electrons. The van der Waals surface area contributed by atoms with Crippen LogP contribution < -0.4 is 5.73 Å². The van der Waals surface area contributed by atoms with Crippen LogP contribution in [0, 0.1) is 5.82 Å². The first-order valence-corrected chi connectivity index (χ1v) is 4.62. The quantitative estimate of drug-likeness (QED) is 0.874. The van der Waals surface area contributed by atoms with Crippen molar-refractivity contribution in [1.29, 1.82) is 0 Å². The van der Waals surface area contributed by atoms with E-state index in [4.69, 9.17) is 10.8 Å². The Morgan fingerprint density at radius 2 is 2.14 bits per heavy atom. The van der Waals surface area contributed by atoms with Gasteiger partial charge in [0.2, 0.25) is 0 Å². The Bertz CT molecular complexity index is 320. The smallest absolute Gasteiger partial charge is 0.128 e. The van der Waals surface area contributed by atoms with Gasteiger partial charge < -0.3 is 10.8 Å². The van der Waals surface area contributed by atoms with Crippen molar-refractivity contribution >= 4 is 28.3 Å².